The minimum atomic E-state index is 0.353. The first-order valence-corrected chi connectivity index (χ1v) is 6.31. The number of nitrogens with one attached hydrogen (secondary N) is 1. The minimum Gasteiger partial charge on any atom is -0.304 e. The molecule has 0 saturated carbocycles. The van der Waals surface area contributed by atoms with E-state index in [1.54, 1.807) is 0 Å². The number of rotatable bonds is 3. The van der Waals surface area contributed by atoms with Gasteiger partial charge in [-0.15, -0.1) is 0 Å². The quantitative estimate of drug-likeness (QED) is 0.778. The van der Waals surface area contributed by atoms with Gasteiger partial charge in [0, 0.05) is 17.1 Å². The van der Waals surface area contributed by atoms with Crippen molar-refractivity contribution in [1.82, 2.24) is 5.32 Å². The van der Waals surface area contributed by atoms with Crippen LogP contribution in [0.3, 0.4) is 0 Å². The first kappa shape index (κ1) is 11.7. The number of benzene rings is 1. The first-order valence-electron chi connectivity index (χ1n) is 5.94. The lowest BCUT2D eigenvalue weighted by Crippen LogP contribution is -2.30. The maximum atomic E-state index is 5.99. The summed E-state index contributed by atoms with van der Waals surface area (Å²) in [6.45, 7) is 2.19. The maximum absolute atomic E-state index is 5.99. The molecule has 1 N–H and O–H groups in total. The lowest BCUT2D eigenvalue weighted by atomic mass is 10.0. The van der Waals surface area contributed by atoms with Gasteiger partial charge in [0.1, 0.15) is 0 Å². The Kier molecular flexibility index (Phi) is 4.03. The van der Waals surface area contributed by atoms with Gasteiger partial charge in [-0.05, 0) is 43.9 Å². The number of halogens is 1. The molecule has 16 heavy (non-hydrogen) atoms. The largest absolute Gasteiger partial charge is 0.304 e. The zero-order valence-corrected chi connectivity index (χ0v) is 10.4. The van der Waals surface area contributed by atoms with Gasteiger partial charge in [-0.25, -0.2) is 0 Å². The van der Waals surface area contributed by atoms with E-state index < -0.39 is 0 Å². The summed E-state index contributed by atoms with van der Waals surface area (Å²) >= 11 is 5.99. The van der Waals surface area contributed by atoms with Gasteiger partial charge in [-0.2, -0.15) is 0 Å². The highest BCUT2D eigenvalue weighted by Gasteiger charge is 2.12. The molecule has 0 aromatic heterocycles. The van der Waals surface area contributed by atoms with Crippen molar-refractivity contribution >= 4 is 11.6 Å². The van der Waals surface area contributed by atoms with E-state index in [1.165, 1.54) is 24.8 Å². The molecular weight excluding hydrogens is 218 g/mol. The van der Waals surface area contributed by atoms with Crippen molar-refractivity contribution in [2.75, 3.05) is 0 Å². The van der Waals surface area contributed by atoms with Crippen LogP contribution in [0, 0.1) is 0 Å². The Hall–Kier alpha value is -0.790. The zero-order chi connectivity index (χ0) is 11.4. The molecule has 1 aliphatic rings. The van der Waals surface area contributed by atoms with Gasteiger partial charge >= 0.3 is 0 Å². The van der Waals surface area contributed by atoms with Crippen LogP contribution >= 0.6 is 11.6 Å². The minimum absolute atomic E-state index is 0.353. The molecule has 0 radical (unpaired) electrons. The molecule has 1 nitrogen and oxygen atoms in total. The van der Waals surface area contributed by atoms with E-state index in [4.69, 9.17) is 11.6 Å². The Bertz CT molecular complexity index is 373. The Morgan fingerprint density at radius 2 is 2.31 bits per heavy atom. The highest BCUT2D eigenvalue weighted by atomic mass is 35.5. The van der Waals surface area contributed by atoms with Crippen LogP contribution in [0.15, 0.2) is 36.4 Å². The molecule has 0 aliphatic heterocycles. The molecule has 2 atom stereocenters. The number of hydrogen-bond acceptors (Lipinski definition) is 1. The van der Waals surface area contributed by atoms with E-state index in [-0.39, 0.29) is 0 Å². The molecule has 0 bridgehead atoms. The van der Waals surface area contributed by atoms with Crippen LogP contribution in [0.5, 0.6) is 0 Å². The third kappa shape index (κ3) is 3.10. The second kappa shape index (κ2) is 5.51. The van der Waals surface area contributed by atoms with Gasteiger partial charge in [0.15, 0.2) is 0 Å². The van der Waals surface area contributed by atoms with Crippen molar-refractivity contribution in [2.24, 2.45) is 0 Å². The SMILES string of the molecule is C[C@@H](NC1C=CCCC1)c1cccc(Cl)c1. The fraction of sp³-hybridized carbons (Fsp3) is 0.429. The molecule has 0 heterocycles. The standard InChI is InChI=1S/C14H18ClN/c1-11(12-6-5-7-13(15)10-12)16-14-8-3-2-4-9-14/h3,5-8,10-11,14,16H,2,4,9H2,1H3/t11-,14?/m1/s1. The van der Waals surface area contributed by atoms with Crippen molar-refractivity contribution in [2.45, 2.75) is 38.3 Å². The van der Waals surface area contributed by atoms with E-state index in [2.05, 4.69) is 30.5 Å². The summed E-state index contributed by atoms with van der Waals surface area (Å²) in [6.07, 6.45) is 8.30. The van der Waals surface area contributed by atoms with Gasteiger partial charge in [0.25, 0.3) is 0 Å². The summed E-state index contributed by atoms with van der Waals surface area (Å²) in [6, 6.07) is 8.95. The number of allylic oxidation sites excluding steroid dienone is 1. The van der Waals surface area contributed by atoms with Gasteiger partial charge < -0.3 is 5.32 Å². The van der Waals surface area contributed by atoms with Crippen molar-refractivity contribution < 1.29 is 0 Å². The highest BCUT2D eigenvalue weighted by molar-refractivity contribution is 6.30. The lowest BCUT2D eigenvalue weighted by Gasteiger charge is -2.23. The molecular formula is C14H18ClN. The second-order valence-corrected chi connectivity index (χ2v) is 4.85. The van der Waals surface area contributed by atoms with Crippen LogP contribution in [0.1, 0.15) is 37.8 Å². The molecule has 1 aliphatic carbocycles. The second-order valence-electron chi connectivity index (χ2n) is 4.41. The van der Waals surface area contributed by atoms with Gasteiger partial charge in [-0.3, -0.25) is 0 Å². The normalized spacial score (nSPS) is 22.0. The lowest BCUT2D eigenvalue weighted by molar-refractivity contribution is 0.467. The summed E-state index contributed by atoms with van der Waals surface area (Å²) in [5.74, 6) is 0. The smallest absolute Gasteiger partial charge is 0.0409 e. The van der Waals surface area contributed by atoms with E-state index in [0.29, 0.717) is 12.1 Å². The van der Waals surface area contributed by atoms with Crippen molar-refractivity contribution in [3.8, 4) is 0 Å². The molecule has 1 unspecified atom stereocenters. The molecule has 0 amide bonds. The predicted octanol–water partition coefficient (Wildman–Crippen LogP) is 4.10. The topological polar surface area (TPSA) is 12.0 Å². The fourth-order valence-electron chi connectivity index (χ4n) is 2.14. The Balaban J connectivity index is 1.99. The van der Waals surface area contributed by atoms with Crippen LogP contribution < -0.4 is 5.32 Å². The molecule has 86 valence electrons. The zero-order valence-electron chi connectivity index (χ0n) is 9.62. The van der Waals surface area contributed by atoms with E-state index in [9.17, 15) is 0 Å². The number of hydrogen-bond donors (Lipinski definition) is 1. The summed E-state index contributed by atoms with van der Waals surface area (Å²) in [7, 11) is 0. The Morgan fingerprint density at radius 1 is 1.44 bits per heavy atom. The predicted molar refractivity (Wildman–Crippen MR) is 69.8 cm³/mol. The maximum Gasteiger partial charge on any atom is 0.0409 e. The van der Waals surface area contributed by atoms with E-state index >= 15 is 0 Å². The molecule has 1 aromatic carbocycles. The highest BCUT2D eigenvalue weighted by Crippen LogP contribution is 2.20. The molecule has 1 aromatic rings. The summed E-state index contributed by atoms with van der Waals surface area (Å²) in [5, 5.41) is 4.43. The van der Waals surface area contributed by atoms with Crippen LogP contribution in [-0.2, 0) is 0 Å². The summed E-state index contributed by atoms with van der Waals surface area (Å²) in [5.41, 5.74) is 1.26. The summed E-state index contributed by atoms with van der Waals surface area (Å²) in [4.78, 5) is 0. The van der Waals surface area contributed by atoms with Crippen LogP contribution in [0.2, 0.25) is 5.02 Å². The molecule has 2 heteroatoms. The van der Waals surface area contributed by atoms with Crippen molar-refractivity contribution in [1.29, 1.82) is 0 Å². The fourth-order valence-corrected chi connectivity index (χ4v) is 2.34. The first-order chi connectivity index (χ1) is 7.75. The average molecular weight is 236 g/mol. The van der Waals surface area contributed by atoms with Crippen molar-refractivity contribution in [3.05, 3.63) is 47.0 Å². The molecule has 0 fully saturated rings. The molecule has 2 rings (SSSR count). The van der Waals surface area contributed by atoms with Crippen LogP contribution in [0.25, 0.3) is 0 Å². The van der Waals surface area contributed by atoms with Gasteiger partial charge in [0.05, 0.1) is 0 Å². The third-order valence-electron chi connectivity index (χ3n) is 3.07. The molecule has 0 spiro atoms. The van der Waals surface area contributed by atoms with Crippen LogP contribution in [-0.4, -0.2) is 6.04 Å². The van der Waals surface area contributed by atoms with Gasteiger partial charge in [0.2, 0.25) is 0 Å². The molecule has 0 saturated heterocycles. The third-order valence-corrected chi connectivity index (χ3v) is 3.30. The van der Waals surface area contributed by atoms with Crippen LogP contribution in [0.4, 0.5) is 0 Å². The van der Waals surface area contributed by atoms with E-state index in [1.807, 2.05) is 18.2 Å². The Morgan fingerprint density at radius 3 is 3.00 bits per heavy atom. The monoisotopic (exact) mass is 235 g/mol. The Labute approximate surface area is 103 Å². The summed E-state index contributed by atoms with van der Waals surface area (Å²) < 4.78 is 0. The van der Waals surface area contributed by atoms with E-state index in [0.717, 1.165) is 5.02 Å². The van der Waals surface area contributed by atoms with Gasteiger partial charge in [-0.1, -0.05) is 35.9 Å². The average Bonchev–Trinajstić information content (AvgIpc) is 2.30. The van der Waals surface area contributed by atoms with Crippen molar-refractivity contribution in [3.63, 3.8) is 0 Å².